The first-order chi connectivity index (χ1) is 14.3. The average Bonchev–Trinajstić information content (AvgIpc) is 2.68. The van der Waals surface area contributed by atoms with Crippen molar-refractivity contribution < 1.29 is 28.5 Å². The first-order valence-corrected chi connectivity index (χ1v) is 11.7. The normalized spacial score (nSPS) is 15.3. The van der Waals surface area contributed by atoms with Crippen molar-refractivity contribution in [1.82, 2.24) is 0 Å². The van der Waals surface area contributed by atoms with Crippen LogP contribution in [0.2, 0.25) is 0 Å². The molecule has 182 valence electrons. The summed E-state index contributed by atoms with van der Waals surface area (Å²) in [6.07, 6.45) is 1.33. The number of hydrogen-bond acceptors (Lipinski definition) is 6. The molecular formula is C22H37Cl3O6. The lowest BCUT2D eigenvalue weighted by Gasteiger charge is -2.37. The quantitative estimate of drug-likeness (QED) is 0.110. The van der Waals surface area contributed by atoms with E-state index in [1.807, 2.05) is 20.8 Å². The molecule has 3 unspecified atom stereocenters. The van der Waals surface area contributed by atoms with Crippen LogP contribution in [0.1, 0.15) is 60.8 Å². The summed E-state index contributed by atoms with van der Waals surface area (Å²) >= 11 is 16.9. The summed E-state index contributed by atoms with van der Waals surface area (Å²) in [5.74, 6) is -1.01. The van der Waals surface area contributed by atoms with E-state index in [0.29, 0.717) is 19.6 Å². The average molecular weight is 504 g/mol. The number of allylic oxidation sites excluding steroid dienone is 1. The molecule has 0 amide bonds. The van der Waals surface area contributed by atoms with Crippen LogP contribution in [-0.4, -0.2) is 47.9 Å². The molecule has 0 aliphatic rings. The number of ether oxygens (including phenoxy) is 4. The maximum atomic E-state index is 13.5. The number of ketones is 1. The van der Waals surface area contributed by atoms with Crippen molar-refractivity contribution in [3.8, 4) is 0 Å². The van der Waals surface area contributed by atoms with Gasteiger partial charge in [-0.25, -0.2) is 4.79 Å². The SMILES string of the molecule is C=CCC(C)C(OC(=O)OCC(Cl)(Cl)Cl)C(C)C(=O)C(C)(C)C(OCCC)OCCC. The monoisotopic (exact) mass is 502 g/mol. The highest BCUT2D eigenvalue weighted by molar-refractivity contribution is 6.67. The predicted octanol–water partition coefficient (Wildman–Crippen LogP) is 6.50. The van der Waals surface area contributed by atoms with Gasteiger partial charge in [0.2, 0.25) is 3.79 Å². The Morgan fingerprint density at radius 2 is 1.55 bits per heavy atom. The molecule has 31 heavy (non-hydrogen) atoms. The Hall–Kier alpha value is -0.530. The van der Waals surface area contributed by atoms with Crippen LogP contribution in [-0.2, 0) is 23.7 Å². The lowest BCUT2D eigenvalue weighted by Crippen LogP contribution is -2.48. The van der Waals surface area contributed by atoms with Crippen LogP contribution in [0, 0.1) is 17.3 Å². The standard InChI is InChI=1S/C22H37Cl3O6/c1-8-11-15(4)17(31-20(27)30-14-22(23,24)25)16(5)18(26)21(6,7)19(28-12-9-2)29-13-10-3/h8,15-17,19H,1,9-14H2,2-7H3. The Balaban J connectivity index is 5.56. The molecule has 0 fully saturated rings. The van der Waals surface area contributed by atoms with E-state index in [1.54, 1.807) is 26.8 Å². The number of rotatable bonds is 15. The van der Waals surface area contributed by atoms with E-state index in [4.69, 9.17) is 53.8 Å². The van der Waals surface area contributed by atoms with Crippen LogP contribution in [0.25, 0.3) is 0 Å². The molecule has 3 atom stereocenters. The molecule has 0 spiro atoms. The van der Waals surface area contributed by atoms with E-state index in [9.17, 15) is 9.59 Å². The van der Waals surface area contributed by atoms with Crippen molar-refractivity contribution in [2.45, 2.75) is 77.0 Å². The number of Topliss-reactive ketones (excluding diaryl/α,β-unsaturated/α-hetero) is 1. The molecule has 0 N–H and O–H groups in total. The highest BCUT2D eigenvalue weighted by Gasteiger charge is 2.44. The third-order valence-corrected chi connectivity index (χ3v) is 5.09. The van der Waals surface area contributed by atoms with Crippen LogP contribution in [0.5, 0.6) is 0 Å². The zero-order chi connectivity index (χ0) is 24.2. The van der Waals surface area contributed by atoms with Gasteiger partial charge in [-0.1, -0.05) is 68.6 Å². The Bertz CT molecular complexity index is 554. The van der Waals surface area contributed by atoms with Crippen LogP contribution in [0.3, 0.4) is 0 Å². The van der Waals surface area contributed by atoms with Gasteiger partial charge in [0.1, 0.15) is 18.5 Å². The molecule has 0 rings (SSSR count). The van der Waals surface area contributed by atoms with E-state index in [2.05, 4.69) is 6.58 Å². The molecule has 9 heteroatoms. The third-order valence-electron chi connectivity index (χ3n) is 4.76. The summed E-state index contributed by atoms with van der Waals surface area (Å²) in [5, 5.41) is 0. The fourth-order valence-electron chi connectivity index (χ4n) is 3.16. The Morgan fingerprint density at radius 1 is 1.03 bits per heavy atom. The second-order valence-corrected chi connectivity index (χ2v) is 10.7. The topological polar surface area (TPSA) is 71.1 Å². The molecule has 0 radical (unpaired) electrons. The second-order valence-electron chi connectivity index (χ2n) is 8.19. The van der Waals surface area contributed by atoms with E-state index >= 15 is 0 Å². The Morgan fingerprint density at radius 3 is 1.97 bits per heavy atom. The molecule has 0 aromatic carbocycles. The number of carbonyl (C=O) groups excluding carboxylic acids is 2. The molecular weight excluding hydrogens is 467 g/mol. The molecule has 0 saturated carbocycles. The zero-order valence-electron chi connectivity index (χ0n) is 19.4. The maximum absolute atomic E-state index is 13.5. The van der Waals surface area contributed by atoms with Gasteiger partial charge in [-0.15, -0.1) is 6.58 Å². The number of alkyl halides is 3. The van der Waals surface area contributed by atoms with Crippen LogP contribution >= 0.6 is 34.8 Å². The number of halogens is 3. The smallest absolute Gasteiger partial charge is 0.430 e. The summed E-state index contributed by atoms with van der Waals surface area (Å²) in [6, 6.07) is 0. The van der Waals surface area contributed by atoms with E-state index in [1.165, 1.54) is 0 Å². The first-order valence-electron chi connectivity index (χ1n) is 10.6. The minimum absolute atomic E-state index is 0.153. The van der Waals surface area contributed by atoms with Crippen LogP contribution in [0.4, 0.5) is 4.79 Å². The van der Waals surface area contributed by atoms with Gasteiger partial charge in [0.05, 0.1) is 11.3 Å². The second kappa shape index (κ2) is 14.6. The van der Waals surface area contributed by atoms with Gasteiger partial charge in [-0.05, 0) is 39.0 Å². The van der Waals surface area contributed by atoms with Crippen molar-refractivity contribution in [1.29, 1.82) is 0 Å². The predicted molar refractivity (Wildman–Crippen MR) is 125 cm³/mol. The lowest BCUT2D eigenvalue weighted by atomic mass is 9.76. The van der Waals surface area contributed by atoms with E-state index < -0.39 is 40.3 Å². The molecule has 0 aliphatic heterocycles. The highest BCUT2D eigenvalue weighted by atomic mass is 35.6. The summed E-state index contributed by atoms with van der Waals surface area (Å²) in [6.45, 7) is 15.3. The largest absolute Gasteiger partial charge is 0.508 e. The molecule has 0 heterocycles. The van der Waals surface area contributed by atoms with E-state index in [0.717, 1.165) is 12.8 Å². The van der Waals surface area contributed by atoms with E-state index in [-0.39, 0.29) is 11.7 Å². The highest BCUT2D eigenvalue weighted by Crippen LogP contribution is 2.34. The number of hydrogen-bond donors (Lipinski definition) is 0. The van der Waals surface area contributed by atoms with Crippen molar-refractivity contribution in [2.24, 2.45) is 17.3 Å². The fourth-order valence-corrected chi connectivity index (χ4v) is 3.32. The van der Waals surface area contributed by atoms with Gasteiger partial charge in [-0.2, -0.15) is 0 Å². The van der Waals surface area contributed by atoms with Gasteiger partial charge < -0.3 is 18.9 Å². The van der Waals surface area contributed by atoms with Crippen molar-refractivity contribution >= 4 is 46.7 Å². The Labute approximate surface area is 201 Å². The third kappa shape index (κ3) is 11.2. The summed E-state index contributed by atoms with van der Waals surface area (Å²) in [7, 11) is 0. The molecule has 0 aromatic rings. The maximum Gasteiger partial charge on any atom is 0.508 e. The summed E-state index contributed by atoms with van der Waals surface area (Å²) < 4.78 is 20.3. The van der Waals surface area contributed by atoms with Crippen LogP contribution in [0.15, 0.2) is 12.7 Å². The van der Waals surface area contributed by atoms with Gasteiger partial charge in [0.15, 0.2) is 6.29 Å². The van der Waals surface area contributed by atoms with Gasteiger partial charge in [0.25, 0.3) is 0 Å². The molecule has 0 aliphatic carbocycles. The number of carbonyl (C=O) groups is 2. The van der Waals surface area contributed by atoms with Crippen LogP contribution < -0.4 is 0 Å². The van der Waals surface area contributed by atoms with Gasteiger partial charge >= 0.3 is 6.16 Å². The van der Waals surface area contributed by atoms with Gasteiger partial charge in [-0.3, -0.25) is 4.79 Å². The molecule has 0 bridgehead atoms. The van der Waals surface area contributed by atoms with Gasteiger partial charge in [0, 0.05) is 13.2 Å². The Kier molecular flexibility index (Phi) is 14.3. The van der Waals surface area contributed by atoms with Crippen molar-refractivity contribution in [2.75, 3.05) is 19.8 Å². The minimum atomic E-state index is -1.76. The lowest BCUT2D eigenvalue weighted by molar-refractivity contribution is -0.204. The summed E-state index contributed by atoms with van der Waals surface area (Å²) in [5.41, 5.74) is -0.971. The fraction of sp³-hybridized carbons (Fsp3) is 0.818. The minimum Gasteiger partial charge on any atom is -0.430 e. The first kappa shape index (κ1) is 30.5. The zero-order valence-corrected chi connectivity index (χ0v) is 21.7. The van der Waals surface area contributed by atoms with Crippen molar-refractivity contribution in [3.05, 3.63) is 12.7 Å². The van der Waals surface area contributed by atoms with Crippen molar-refractivity contribution in [3.63, 3.8) is 0 Å². The molecule has 0 aromatic heterocycles. The summed E-state index contributed by atoms with van der Waals surface area (Å²) in [4.78, 5) is 25.7. The molecule has 0 saturated heterocycles. The molecule has 6 nitrogen and oxygen atoms in total.